The highest BCUT2D eigenvalue weighted by atomic mass is 16.4. The minimum atomic E-state index is 0.455. The van der Waals surface area contributed by atoms with Crippen LogP contribution < -0.4 is 10.2 Å². The monoisotopic (exact) mass is 197 g/mol. The molecule has 0 bridgehead atoms. The molecular formula is C10H19N3O. The van der Waals surface area contributed by atoms with E-state index in [9.17, 15) is 0 Å². The molecule has 1 unspecified atom stereocenters. The Morgan fingerprint density at radius 1 is 1.64 bits per heavy atom. The van der Waals surface area contributed by atoms with E-state index >= 15 is 0 Å². The molecule has 0 saturated carbocycles. The average Bonchev–Trinajstić information content (AvgIpc) is 2.64. The van der Waals surface area contributed by atoms with Crippen molar-refractivity contribution in [2.45, 2.75) is 32.9 Å². The van der Waals surface area contributed by atoms with E-state index < -0.39 is 0 Å². The van der Waals surface area contributed by atoms with Gasteiger partial charge < -0.3 is 14.6 Å². The summed E-state index contributed by atoms with van der Waals surface area (Å²) in [4.78, 5) is 6.42. The lowest BCUT2D eigenvalue weighted by Crippen LogP contribution is -2.28. The molecule has 0 aliphatic rings. The lowest BCUT2D eigenvalue weighted by atomic mass is 10.2. The summed E-state index contributed by atoms with van der Waals surface area (Å²) in [6, 6.07) is 1.15. The minimum Gasteiger partial charge on any atom is -0.432 e. The molecule has 0 aromatic carbocycles. The Morgan fingerprint density at radius 2 is 2.36 bits per heavy atom. The summed E-state index contributed by atoms with van der Waals surface area (Å²) in [5.41, 5.74) is 0.942. The molecule has 4 nitrogen and oxygen atoms in total. The lowest BCUT2D eigenvalue weighted by molar-refractivity contribution is 0.515. The molecule has 1 N–H and O–H groups in total. The molecule has 1 aromatic rings. The zero-order valence-electron chi connectivity index (χ0n) is 9.37. The van der Waals surface area contributed by atoms with Crippen molar-refractivity contribution < 1.29 is 4.42 Å². The van der Waals surface area contributed by atoms with Crippen LogP contribution in [0.4, 0.5) is 6.01 Å². The van der Waals surface area contributed by atoms with Crippen molar-refractivity contribution in [3.05, 3.63) is 12.0 Å². The van der Waals surface area contributed by atoms with Gasteiger partial charge in [-0.05, 0) is 20.4 Å². The first-order valence-electron chi connectivity index (χ1n) is 5.00. The summed E-state index contributed by atoms with van der Waals surface area (Å²) >= 11 is 0. The van der Waals surface area contributed by atoms with E-state index in [-0.39, 0.29) is 0 Å². The van der Waals surface area contributed by atoms with E-state index in [1.165, 1.54) is 0 Å². The van der Waals surface area contributed by atoms with Crippen molar-refractivity contribution in [1.82, 2.24) is 10.3 Å². The third-order valence-electron chi connectivity index (χ3n) is 2.45. The van der Waals surface area contributed by atoms with Gasteiger partial charge in [-0.15, -0.1) is 0 Å². The molecule has 1 heterocycles. The number of anilines is 1. The fourth-order valence-electron chi connectivity index (χ4n) is 1.18. The summed E-state index contributed by atoms with van der Waals surface area (Å²) in [6.45, 7) is 5.05. The topological polar surface area (TPSA) is 41.3 Å². The number of hydrogen-bond acceptors (Lipinski definition) is 4. The summed E-state index contributed by atoms with van der Waals surface area (Å²) < 4.78 is 5.38. The Kier molecular flexibility index (Phi) is 3.95. The zero-order valence-corrected chi connectivity index (χ0v) is 9.37. The molecule has 1 atom stereocenters. The standard InChI is InChI=1S/C10H19N3O/c1-5-8(2)13(4)10-12-9(6-11-3)7-14-10/h7-8,11H,5-6H2,1-4H3. The molecule has 14 heavy (non-hydrogen) atoms. The van der Waals surface area contributed by atoms with Gasteiger partial charge in [0.1, 0.15) is 6.26 Å². The van der Waals surface area contributed by atoms with E-state index in [1.54, 1.807) is 6.26 Å². The molecule has 0 aliphatic heterocycles. The highest BCUT2D eigenvalue weighted by Gasteiger charge is 2.13. The van der Waals surface area contributed by atoms with Gasteiger partial charge in [-0.2, -0.15) is 4.98 Å². The van der Waals surface area contributed by atoms with E-state index in [0.29, 0.717) is 12.1 Å². The quantitative estimate of drug-likeness (QED) is 0.779. The molecule has 4 heteroatoms. The fraction of sp³-hybridized carbons (Fsp3) is 0.700. The van der Waals surface area contributed by atoms with Crippen molar-refractivity contribution in [3.63, 3.8) is 0 Å². The Bertz CT molecular complexity index is 272. The Morgan fingerprint density at radius 3 is 2.93 bits per heavy atom. The normalized spacial score (nSPS) is 12.9. The van der Waals surface area contributed by atoms with Crippen molar-refractivity contribution in [2.75, 3.05) is 19.0 Å². The maximum absolute atomic E-state index is 5.38. The van der Waals surface area contributed by atoms with Gasteiger partial charge in [0.05, 0.1) is 5.69 Å². The van der Waals surface area contributed by atoms with Crippen molar-refractivity contribution in [2.24, 2.45) is 0 Å². The molecule has 0 amide bonds. The number of aromatic nitrogens is 1. The molecule has 1 rings (SSSR count). The van der Waals surface area contributed by atoms with E-state index in [0.717, 1.165) is 18.7 Å². The first-order valence-corrected chi connectivity index (χ1v) is 5.00. The summed E-state index contributed by atoms with van der Waals surface area (Å²) in [5.74, 6) is 0. The molecule has 80 valence electrons. The molecule has 0 fully saturated rings. The second-order valence-electron chi connectivity index (χ2n) is 3.52. The SMILES string of the molecule is CCC(C)N(C)c1nc(CNC)co1. The van der Waals surface area contributed by atoms with Gasteiger partial charge in [0.2, 0.25) is 0 Å². The smallest absolute Gasteiger partial charge is 0.297 e. The fourth-order valence-corrected chi connectivity index (χ4v) is 1.18. The van der Waals surface area contributed by atoms with Gasteiger partial charge >= 0.3 is 0 Å². The van der Waals surface area contributed by atoms with Crippen LogP contribution in [0, 0.1) is 0 Å². The maximum atomic E-state index is 5.38. The third-order valence-corrected chi connectivity index (χ3v) is 2.45. The van der Waals surface area contributed by atoms with Crippen LogP contribution in [0.5, 0.6) is 0 Å². The molecule has 0 saturated heterocycles. The van der Waals surface area contributed by atoms with Gasteiger partial charge in [-0.3, -0.25) is 0 Å². The second kappa shape index (κ2) is 5.00. The van der Waals surface area contributed by atoms with Gasteiger partial charge in [-0.1, -0.05) is 6.92 Å². The molecule has 0 radical (unpaired) electrons. The number of oxazole rings is 1. The number of hydrogen-bond donors (Lipinski definition) is 1. The van der Waals surface area contributed by atoms with Crippen LogP contribution in [0.2, 0.25) is 0 Å². The first kappa shape index (κ1) is 11.0. The molecule has 0 spiro atoms. The van der Waals surface area contributed by atoms with Gasteiger partial charge in [-0.25, -0.2) is 0 Å². The van der Waals surface area contributed by atoms with E-state index in [1.807, 2.05) is 14.1 Å². The number of nitrogens with one attached hydrogen (secondary N) is 1. The first-order chi connectivity index (χ1) is 6.69. The van der Waals surface area contributed by atoms with Gasteiger partial charge in [0, 0.05) is 19.6 Å². The number of nitrogens with zero attached hydrogens (tertiary/aromatic N) is 2. The molecule has 0 aliphatic carbocycles. The Hall–Kier alpha value is -1.03. The molecule has 1 aromatic heterocycles. The average molecular weight is 197 g/mol. The predicted octanol–water partition coefficient (Wildman–Crippen LogP) is 1.63. The highest BCUT2D eigenvalue weighted by molar-refractivity contribution is 5.26. The predicted molar refractivity (Wildman–Crippen MR) is 57.4 cm³/mol. The third kappa shape index (κ3) is 2.48. The van der Waals surface area contributed by atoms with Crippen LogP contribution in [0.3, 0.4) is 0 Å². The van der Waals surface area contributed by atoms with Gasteiger partial charge in [0.25, 0.3) is 6.01 Å². The molecular weight excluding hydrogens is 178 g/mol. The van der Waals surface area contributed by atoms with Crippen molar-refractivity contribution >= 4 is 6.01 Å². The van der Waals surface area contributed by atoms with E-state index in [2.05, 4.69) is 29.0 Å². The van der Waals surface area contributed by atoms with Crippen LogP contribution in [-0.2, 0) is 6.54 Å². The maximum Gasteiger partial charge on any atom is 0.297 e. The Balaban J connectivity index is 2.65. The second-order valence-corrected chi connectivity index (χ2v) is 3.52. The summed E-state index contributed by atoms with van der Waals surface area (Å²) in [5, 5.41) is 3.04. The highest BCUT2D eigenvalue weighted by Crippen LogP contribution is 2.15. The van der Waals surface area contributed by atoms with Gasteiger partial charge in [0.15, 0.2) is 0 Å². The van der Waals surface area contributed by atoms with E-state index in [4.69, 9.17) is 4.42 Å². The van der Waals surface area contributed by atoms with Crippen LogP contribution in [0.1, 0.15) is 26.0 Å². The van der Waals surface area contributed by atoms with Crippen LogP contribution >= 0.6 is 0 Å². The van der Waals surface area contributed by atoms with Crippen LogP contribution in [-0.4, -0.2) is 25.1 Å². The number of rotatable bonds is 5. The van der Waals surface area contributed by atoms with Crippen LogP contribution in [0.25, 0.3) is 0 Å². The van der Waals surface area contributed by atoms with Crippen molar-refractivity contribution in [1.29, 1.82) is 0 Å². The minimum absolute atomic E-state index is 0.455. The van der Waals surface area contributed by atoms with Crippen LogP contribution in [0.15, 0.2) is 10.7 Å². The lowest BCUT2D eigenvalue weighted by Gasteiger charge is -2.21. The zero-order chi connectivity index (χ0) is 10.6. The summed E-state index contributed by atoms with van der Waals surface area (Å²) in [6.07, 6.45) is 2.78. The largest absolute Gasteiger partial charge is 0.432 e. The summed E-state index contributed by atoms with van der Waals surface area (Å²) in [7, 11) is 3.90. The van der Waals surface area contributed by atoms with Crippen molar-refractivity contribution in [3.8, 4) is 0 Å². The Labute approximate surface area is 85.3 Å².